The Kier molecular flexibility index (Phi) is 9.38. The van der Waals surface area contributed by atoms with Crippen molar-refractivity contribution in [2.75, 3.05) is 43.4 Å². The first-order chi connectivity index (χ1) is 12.5. The molecule has 0 spiro atoms. The molecule has 0 unspecified atom stereocenters. The summed E-state index contributed by atoms with van der Waals surface area (Å²) in [5.41, 5.74) is 7.69. The summed E-state index contributed by atoms with van der Waals surface area (Å²) in [4.78, 5) is 28.4. The van der Waals surface area contributed by atoms with E-state index in [4.69, 9.17) is 17.3 Å². The molecular weight excluding hydrogens is 423 g/mol. The Morgan fingerprint density at radius 3 is 2.32 bits per heavy atom. The molecule has 9 heteroatoms. The van der Waals surface area contributed by atoms with Gasteiger partial charge in [0.2, 0.25) is 5.91 Å². The molecule has 0 saturated carbocycles. The maximum atomic E-state index is 12.3. The number of hydrogen-bond acceptors (Lipinski definition) is 4. The fraction of sp³-hybridized carbons (Fsp3) is 0.263. The number of nitrogen functional groups attached to an aromatic ring is 1. The Morgan fingerprint density at radius 2 is 1.68 bits per heavy atom. The highest BCUT2D eigenvalue weighted by Gasteiger charge is 2.21. The molecule has 2 aromatic carbocycles. The van der Waals surface area contributed by atoms with Gasteiger partial charge in [-0.2, -0.15) is 0 Å². The zero-order valence-electron chi connectivity index (χ0n) is 15.1. The van der Waals surface area contributed by atoms with Crippen LogP contribution in [0.2, 0.25) is 5.02 Å². The van der Waals surface area contributed by atoms with Crippen molar-refractivity contribution in [3.05, 3.63) is 59.1 Å². The average molecular weight is 446 g/mol. The molecule has 1 aliphatic rings. The lowest BCUT2D eigenvalue weighted by molar-refractivity contribution is -0.130. The lowest BCUT2D eigenvalue weighted by Gasteiger charge is -2.36. The number of nitrogens with zero attached hydrogens (tertiary/aromatic N) is 2. The van der Waals surface area contributed by atoms with Gasteiger partial charge in [-0.3, -0.25) is 9.59 Å². The van der Waals surface area contributed by atoms with Gasteiger partial charge >= 0.3 is 0 Å². The van der Waals surface area contributed by atoms with Crippen molar-refractivity contribution in [1.29, 1.82) is 0 Å². The van der Waals surface area contributed by atoms with Crippen molar-refractivity contribution in [2.45, 2.75) is 0 Å². The zero-order valence-corrected chi connectivity index (χ0v) is 17.5. The molecule has 0 aromatic heterocycles. The highest BCUT2D eigenvalue weighted by molar-refractivity contribution is 6.30. The predicted molar refractivity (Wildman–Crippen MR) is 118 cm³/mol. The fourth-order valence-electron chi connectivity index (χ4n) is 2.94. The van der Waals surface area contributed by atoms with Crippen LogP contribution in [0.25, 0.3) is 0 Å². The Bertz CT molecular complexity index is 811. The van der Waals surface area contributed by atoms with Crippen LogP contribution in [-0.4, -0.2) is 49.4 Å². The van der Waals surface area contributed by atoms with Crippen LogP contribution in [0, 0.1) is 0 Å². The van der Waals surface area contributed by atoms with Crippen LogP contribution in [-0.2, 0) is 4.79 Å². The summed E-state index contributed by atoms with van der Waals surface area (Å²) in [6.45, 7) is 2.66. The summed E-state index contributed by atoms with van der Waals surface area (Å²) in [6, 6.07) is 14.4. The van der Waals surface area contributed by atoms with Crippen LogP contribution in [0.15, 0.2) is 48.5 Å². The number of benzene rings is 2. The number of amides is 2. The van der Waals surface area contributed by atoms with E-state index in [0.717, 1.165) is 18.8 Å². The van der Waals surface area contributed by atoms with Gasteiger partial charge in [-0.25, -0.2) is 0 Å². The number of nitrogens with two attached hydrogens (primary N) is 1. The van der Waals surface area contributed by atoms with E-state index >= 15 is 0 Å². The number of carbonyl (C=O) groups excluding carboxylic acids is 2. The van der Waals surface area contributed by atoms with E-state index in [0.29, 0.717) is 29.4 Å². The minimum atomic E-state index is -0.303. The van der Waals surface area contributed by atoms with E-state index < -0.39 is 0 Å². The third-order valence-corrected chi connectivity index (χ3v) is 4.59. The maximum Gasteiger partial charge on any atom is 0.251 e. The van der Waals surface area contributed by atoms with Gasteiger partial charge in [-0.15, -0.1) is 24.8 Å². The van der Waals surface area contributed by atoms with E-state index in [1.165, 1.54) is 0 Å². The number of piperazine rings is 1. The standard InChI is InChI=1S/C19H21ClN4O2.2ClH/c20-15-4-2-6-17(12-15)23-7-9-24(10-8-23)18(25)13-22-19(26)14-3-1-5-16(21)11-14;;/h1-6,11-12H,7-10,13,21H2,(H,22,26);2*1H. The summed E-state index contributed by atoms with van der Waals surface area (Å²) in [5.74, 6) is -0.392. The van der Waals surface area contributed by atoms with Crippen molar-refractivity contribution in [1.82, 2.24) is 10.2 Å². The average Bonchev–Trinajstić information content (AvgIpc) is 2.66. The van der Waals surface area contributed by atoms with Gasteiger partial charge in [-0.05, 0) is 36.4 Å². The number of rotatable bonds is 4. The Morgan fingerprint density at radius 1 is 1.00 bits per heavy atom. The Labute approximate surface area is 181 Å². The van der Waals surface area contributed by atoms with Crippen LogP contribution in [0.5, 0.6) is 0 Å². The highest BCUT2D eigenvalue weighted by Crippen LogP contribution is 2.20. The first kappa shape index (κ1) is 23.9. The molecule has 6 nitrogen and oxygen atoms in total. The minimum absolute atomic E-state index is 0. The minimum Gasteiger partial charge on any atom is -0.399 e. The van der Waals surface area contributed by atoms with Gasteiger partial charge in [0, 0.05) is 48.1 Å². The molecular formula is C19H23Cl3N4O2. The number of anilines is 2. The van der Waals surface area contributed by atoms with Crippen LogP contribution in [0.4, 0.5) is 11.4 Å². The number of halogens is 3. The third-order valence-electron chi connectivity index (χ3n) is 4.35. The molecule has 3 rings (SSSR count). The van der Waals surface area contributed by atoms with Crippen LogP contribution >= 0.6 is 36.4 Å². The Balaban J connectivity index is 0.00000196. The maximum absolute atomic E-state index is 12.3. The summed E-state index contributed by atoms with van der Waals surface area (Å²) in [7, 11) is 0. The first-order valence-electron chi connectivity index (χ1n) is 8.45. The molecule has 28 heavy (non-hydrogen) atoms. The quantitative estimate of drug-likeness (QED) is 0.709. The van der Waals surface area contributed by atoms with E-state index in [-0.39, 0.29) is 43.2 Å². The van der Waals surface area contributed by atoms with Gasteiger partial charge in [-0.1, -0.05) is 23.7 Å². The summed E-state index contributed by atoms with van der Waals surface area (Å²) in [5, 5.41) is 3.36. The van der Waals surface area contributed by atoms with Crippen molar-refractivity contribution in [3.8, 4) is 0 Å². The molecule has 1 aliphatic heterocycles. The predicted octanol–water partition coefficient (Wildman–Crippen LogP) is 2.84. The smallest absolute Gasteiger partial charge is 0.251 e. The molecule has 152 valence electrons. The van der Waals surface area contributed by atoms with E-state index in [1.807, 2.05) is 24.3 Å². The monoisotopic (exact) mass is 444 g/mol. The van der Waals surface area contributed by atoms with Crippen LogP contribution < -0.4 is 16.0 Å². The largest absolute Gasteiger partial charge is 0.399 e. The first-order valence-corrected chi connectivity index (χ1v) is 8.83. The molecule has 2 aromatic rings. The lowest BCUT2D eigenvalue weighted by Crippen LogP contribution is -2.51. The SMILES string of the molecule is Cl.Cl.Nc1cccc(C(=O)NCC(=O)N2CCN(c3cccc(Cl)c3)CC2)c1. The molecule has 1 fully saturated rings. The molecule has 0 bridgehead atoms. The van der Waals surface area contributed by atoms with E-state index in [9.17, 15) is 9.59 Å². The molecule has 0 aliphatic carbocycles. The molecule has 3 N–H and O–H groups in total. The van der Waals surface area contributed by atoms with E-state index in [1.54, 1.807) is 29.2 Å². The molecule has 1 heterocycles. The van der Waals surface area contributed by atoms with Gasteiger partial charge in [0.05, 0.1) is 6.54 Å². The summed E-state index contributed by atoms with van der Waals surface area (Å²) in [6.07, 6.45) is 0. The highest BCUT2D eigenvalue weighted by atomic mass is 35.5. The lowest BCUT2D eigenvalue weighted by atomic mass is 10.2. The van der Waals surface area contributed by atoms with Crippen LogP contribution in [0.1, 0.15) is 10.4 Å². The van der Waals surface area contributed by atoms with Crippen LogP contribution in [0.3, 0.4) is 0 Å². The summed E-state index contributed by atoms with van der Waals surface area (Å²) >= 11 is 6.04. The fourth-order valence-corrected chi connectivity index (χ4v) is 3.12. The number of nitrogens with one attached hydrogen (secondary N) is 1. The Hall–Kier alpha value is -2.15. The second-order valence-electron chi connectivity index (χ2n) is 6.16. The second-order valence-corrected chi connectivity index (χ2v) is 6.59. The van der Waals surface area contributed by atoms with E-state index in [2.05, 4.69) is 10.2 Å². The molecule has 0 radical (unpaired) electrons. The van der Waals surface area contributed by atoms with Crippen molar-refractivity contribution < 1.29 is 9.59 Å². The number of hydrogen-bond donors (Lipinski definition) is 2. The molecule has 2 amide bonds. The number of carbonyl (C=O) groups is 2. The topological polar surface area (TPSA) is 78.7 Å². The second kappa shape index (κ2) is 11.0. The molecule has 0 atom stereocenters. The normalized spacial score (nSPS) is 13.2. The third kappa shape index (κ3) is 6.19. The zero-order chi connectivity index (χ0) is 18.5. The molecule has 1 saturated heterocycles. The van der Waals surface area contributed by atoms with Crippen molar-refractivity contribution in [2.24, 2.45) is 0 Å². The van der Waals surface area contributed by atoms with Gasteiger partial charge in [0.25, 0.3) is 5.91 Å². The van der Waals surface area contributed by atoms with Gasteiger partial charge in [0.15, 0.2) is 0 Å². The van der Waals surface area contributed by atoms with Crippen molar-refractivity contribution in [3.63, 3.8) is 0 Å². The van der Waals surface area contributed by atoms with Gasteiger partial charge in [0.1, 0.15) is 0 Å². The summed E-state index contributed by atoms with van der Waals surface area (Å²) < 4.78 is 0. The van der Waals surface area contributed by atoms with Gasteiger partial charge < -0.3 is 20.9 Å². The van der Waals surface area contributed by atoms with Crippen molar-refractivity contribution >= 4 is 59.6 Å².